The van der Waals surface area contributed by atoms with Crippen molar-refractivity contribution in [2.45, 2.75) is 44.9 Å². The van der Waals surface area contributed by atoms with Crippen molar-refractivity contribution < 1.29 is 34.3 Å². The minimum Gasteiger partial charge on any atom is -0.508 e. The lowest BCUT2D eigenvalue weighted by Crippen LogP contribution is -2.43. The average Bonchev–Trinajstić information content (AvgIpc) is 2.89. The molecule has 210 valence electrons. The van der Waals surface area contributed by atoms with E-state index in [1.165, 1.54) is 18.2 Å². The fraction of sp³-hybridized carbons (Fsp3) is 0.367. The summed E-state index contributed by atoms with van der Waals surface area (Å²) >= 11 is 0. The summed E-state index contributed by atoms with van der Waals surface area (Å²) in [5.41, 5.74) is 2.82. The first kappa shape index (κ1) is 29.6. The third-order valence-electron chi connectivity index (χ3n) is 6.30. The van der Waals surface area contributed by atoms with Crippen molar-refractivity contribution in [1.82, 2.24) is 10.6 Å². The van der Waals surface area contributed by atoms with Crippen LogP contribution in [0.5, 0.6) is 28.7 Å². The highest BCUT2D eigenvalue weighted by Crippen LogP contribution is 2.38. The third-order valence-corrected chi connectivity index (χ3v) is 6.30. The summed E-state index contributed by atoms with van der Waals surface area (Å²) < 4.78 is 16.1. The molecule has 0 spiro atoms. The van der Waals surface area contributed by atoms with Gasteiger partial charge in [-0.05, 0) is 66.8 Å². The SMILES string of the molecule is COc1cc(CNC(=O)Cc2cccc(CC(C)(C)NCC(O)c3cc(O)cc(O)c3)c2)cc(OC)c1OC. The molecule has 0 aliphatic carbocycles. The Morgan fingerprint density at radius 2 is 1.49 bits per heavy atom. The molecule has 0 heterocycles. The van der Waals surface area contributed by atoms with Gasteiger partial charge in [0.05, 0.1) is 33.9 Å². The van der Waals surface area contributed by atoms with Gasteiger partial charge >= 0.3 is 0 Å². The number of phenolic OH excluding ortho intramolecular Hbond substituents is 2. The first-order valence-corrected chi connectivity index (χ1v) is 12.6. The molecule has 0 bridgehead atoms. The average molecular weight is 539 g/mol. The Balaban J connectivity index is 1.56. The molecule has 5 N–H and O–H groups in total. The maximum absolute atomic E-state index is 12.7. The number of nitrogens with one attached hydrogen (secondary N) is 2. The van der Waals surface area contributed by atoms with E-state index in [-0.39, 0.29) is 35.9 Å². The molecule has 3 aromatic rings. The van der Waals surface area contributed by atoms with Crippen molar-refractivity contribution in [3.8, 4) is 28.7 Å². The van der Waals surface area contributed by atoms with Crippen molar-refractivity contribution in [3.05, 3.63) is 76.9 Å². The standard InChI is InChI=1S/C30H38N2O7/c1-30(2,32-18-25(35)22-13-23(33)15-24(34)14-22)16-20-8-6-7-19(9-20)12-28(36)31-17-21-10-26(37-3)29(39-5)27(11-21)38-4/h6-11,13-15,25,32-35H,12,16-18H2,1-5H3,(H,31,36). The number of rotatable bonds is 13. The number of phenols is 2. The van der Waals surface area contributed by atoms with E-state index >= 15 is 0 Å². The number of β-amino-alcohol motifs (C(OH)–C–C–N with tert-alkyl or cyclic N) is 1. The lowest BCUT2D eigenvalue weighted by atomic mass is 9.93. The van der Waals surface area contributed by atoms with E-state index in [9.17, 15) is 20.1 Å². The Labute approximate surface area is 229 Å². The van der Waals surface area contributed by atoms with Crippen molar-refractivity contribution >= 4 is 5.91 Å². The molecular formula is C30H38N2O7. The van der Waals surface area contributed by atoms with E-state index in [1.807, 2.05) is 38.1 Å². The van der Waals surface area contributed by atoms with E-state index in [0.717, 1.165) is 16.7 Å². The molecule has 1 unspecified atom stereocenters. The van der Waals surface area contributed by atoms with Crippen LogP contribution in [-0.4, -0.2) is 54.6 Å². The van der Waals surface area contributed by atoms with Crippen LogP contribution in [0.15, 0.2) is 54.6 Å². The number of hydrogen-bond donors (Lipinski definition) is 5. The van der Waals surface area contributed by atoms with Gasteiger partial charge in [0.2, 0.25) is 11.7 Å². The van der Waals surface area contributed by atoms with Gasteiger partial charge in [-0.2, -0.15) is 0 Å². The molecular weight excluding hydrogens is 500 g/mol. The van der Waals surface area contributed by atoms with Gasteiger partial charge in [-0.25, -0.2) is 0 Å². The topological polar surface area (TPSA) is 130 Å². The van der Waals surface area contributed by atoms with Gasteiger partial charge in [-0.3, -0.25) is 4.79 Å². The van der Waals surface area contributed by atoms with Crippen LogP contribution in [0, 0.1) is 0 Å². The molecule has 3 aromatic carbocycles. The normalized spacial score (nSPS) is 12.1. The molecule has 9 nitrogen and oxygen atoms in total. The van der Waals surface area contributed by atoms with Gasteiger partial charge in [0, 0.05) is 24.7 Å². The monoisotopic (exact) mass is 538 g/mol. The maximum Gasteiger partial charge on any atom is 0.224 e. The number of carbonyl (C=O) groups excluding carboxylic acids is 1. The lowest BCUT2D eigenvalue weighted by Gasteiger charge is -2.28. The minimum atomic E-state index is -0.900. The summed E-state index contributed by atoms with van der Waals surface area (Å²) in [4.78, 5) is 12.7. The summed E-state index contributed by atoms with van der Waals surface area (Å²) in [5.74, 6) is 1.23. The van der Waals surface area contributed by atoms with Crippen molar-refractivity contribution in [2.24, 2.45) is 0 Å². The molecule has 0 saturated heterocycles. The third kappa shape index (κ3) is 8.53. The second-order valence-electron chi connectivity index (χ2n) is 10.0. The van der Waals surface area contributed by atoms with Crippen LogP contribution in [0.4, 0.5) is 0 Å². The first-order valence-electron chi connectivity index (χ1n) is 12.6. The predicted octanol–water partition coefficient (Wildman–Crippen LogP) is 3.63. The lowest BCUT2D eigenvalue weighted by molar-refractivity contribution is -0.120. The number of carbonyl (C=O) groups is 1. The van der Waals surface area contributed by atoms with Crippen LogP contribution in [0.25, 0.3) is 0 Å². The van der Waals surface area contributed by atoms with Crippen LogP contribution in [0.1, 0.15) is 42.2 Å². The highest BCUT2D eigenvalue weighted by atomic mass is 16.5. The smallest absolute Gasteiger partial charge is 0.224 e. The number of aromatic hydroxyl groups is 2. The van der Waals surface area contributed by atoms with Crippen LogP contribution < -0.4 is 24.8 Å². The summed E-state index contributed by atoms with van der Waals surface area (Å²) in [6.07, 6.45) is -0.0134. The molecule has 0 fully saturated rings. The molecule has 0 radical (unpaired) electrons. The largest absolute Gasteiger partial charge is 0.508 e. The number of amides is 1. The highest BCUT2D eigenvalue weighted by Gasteiger charge is 2.21. The van der Waals surface area contributed by atoms with Crippen molar-refractivity contribution in [2.75, 3.05) is 27.9 Å². The number of benzene rings is 3. The van der Waals surface area contributed by atoms with Gasteiger partial charge < -0.3 is 40.2 Å². The molecule has 0 saturated carbocycles. The second kappa shape index (κ2) is 13.2. The Kier molecular flexibility index (Phi) is 10.0. The van der Waals surface area contributed by atoms with E-state index in [4.69, 9.17) is 14.2 Å². The molecule has 1 amide bonds. The molecule has 0 aromatic heterocycles. The Morgan fingerprint density at radius 1 is 0.872 bits per heavy atom. The van der Waals surface area contributed by atoms with Crippen LogP contribution in [0.3, 0.4) is 0 Å². The summed E-state index contributed by atoms with van der Waals surface area (Å²) in [6, 6.07) is 15.5. The Bertz CT molecular complexity index is 1230. The van der Waals surface area contributed by atoms with E-state index in [1.54, 1.807) is 33.5 Å². The quantitative estimate of drug-likeness (QED) is 0.223. The van der Waals surface area contributed by atoms with E-state index in [0.29, 0.717) is 35.8 Å². The number of aliphatic hydroxyl groups excluding tert-OH is 1. The zero-order valence-electron chi connectivity index (χ0n) is 23.1. The van der Waals surface area contributed by atoms with Crippen molar-refractivity contribution in [3.63, 3.8) is 0 Å². The molecule has 0 aliphatic heterocycles. The van der Waals surface area contributed by atoms with Crippen LogP contribution in [0.2, 0.25) is 0 Å². The zero-order valence-corrected chi connectivity index (χ0v) is 23.1. The van der Waals surface area contributed by atoms with Gasteiger partial charge in [0.25, 0.3) is 0 Å². The molecule has 39 heavy (non-hydrogen) atoms. The van der Waals surface area contributed by atoms with Crippen molar-refractivity contribution in [1.29, 1.82) is 0 Å². The fourth-order valence-corrected chi connectivity index (χ4v) is 4.41. The molecule has 0 aliphatic rings. The van der Waals surface area contributed by atoms with E-state index < -0.39 is 6.10 Å². The number of ether oxygens (including phenoxy) is 3. The predicted molar refractivity (Wildman–Crippen MR) is 149 cm³/mol. The second-order valence-corrected chi connectivity index (χ2v) is 10.0. The first-order chi connectivity index (χ1) is 18.5. The number of hydrogen-bond acceptors (Lipinski definition) is 8. The highest BCUT2D eigenvalue weighted by molar-refractivity contribution is 5.78. The van der Waals surface area contributed by atoms with Crippen LogP contribution in [-0.2, 0) is 24.2 Å². The van der Waals surface area contributed by atoms with Gasteiger partial charge in [0.15, 0.2) is 11.5 Å². The minimum absolute atomic E-state index is 0.104. The molecule has 1 atom stereocenters. The Hall–Kier alpha value is -3.95. The molecule has 3 rings (SSSR count). The number of methoxy groups -OCH3 is 3. The molecule has 9 heteroatoms. The Morgan fingerprint density at radius 3 is 2.08 bits per heavy atom. The van der Waals surface area contributed by atoms with Crippen LogP contribution >= 0.6 is 0 Å². The van der Waals surface area contributed by atoms with E-state index in [2.05, 4.69) is 10.6 Å². The fourth-order valence-electron chi connectivity index (χ4n) is 4.41. The zero-order chi connectivity index (χ0) is 28.6. The summed E-state index contributed by atoms with van der Waals surface area (Å²) in [7, 11) is 4.64. The van der Waals surface area contributed by atoms with Gasteiger partial charge in [-0.15, -0.1) is 0 Å². The summed E-state index contributed by atoms with van der Waals surface area (Å²) in [6.45, 7) is 4.59. The number of aliphatic hydroxyl groups is 1. The van der Waals surface area contributed by atoms with Gasteiger partial charge in [0.1, 0.15) is 11.5 Å². The van der Waals surface area contributed by atoms with Gasteiger partial charge in [-0.1, -0.05) is 24.3 Å². The maximum atomic E-state index is 12.7. The summed E-state index contributed by atoms with van der Waals surface area (Å²) in [5, 5.41) is 36.1.